The molecular formula is C11H13NO4. The molecule has 0 radical (unpaired) electrons. The molecule has 0 saturated heterocycles. The van der Waals surface area contributed by atoms with Crippen molar-refractivity contribution in [2.45, 2.75) is 26.4 Å². The van der Waals surface area contributed by atoms with Crippen molar-refractivity contribution >= 4 is 11.5 Å². The van der Waals surface area contributed by atoms with Crippen molar-refractivity contribution in [2.75, 3.05) is 0 Å². The van der Waals surface area contributed by atoms with Gasteiger partial charge in [0.1, 0.15) is 5.60 Å². The molecule has 0 atom stereocenters. The number of nitrogens with zero attached hydrogens (tertiary/aromatic N) is 1. The fraction of sp³-hybridized carbons (Fsp3) is 0.364. The fourth-order valence-electron chi connectivity index (χ4n) is 1.35. The molecule has 5 nitrogen and oxygen atoms in total. The third-order valence-electron chi connectivity index (χ3n) is 2.09. The molecule has 0 aromatic heterocycles. The zero-order valence-electron chi connectivity index (χ0n) is 9.35. The summed E-state index contributed by atoms with van der Waals surface area (Å²) in [5, 5.41) is 20.1. The maximum Gasteiger partial charge on any atom is 0.270 e. The Bertz CT molecular complexity index is 446. The molecule has 0 bridgehead atoms. The summed E-state index contributed by atoms with van der Waals surface area (Å²) in [7, 11) is 0. The lowest BCUT2D eigenvalue weighted by molar-refractivity contribution is -0.384. The zero-order valence-corrected chi connectivity index (χ0v) is 9.35. The first-order chi connectivity index (χ1) is 7.21. The van der Waals surface area contributed by atoms with Gasteiger partial charge in [-0.25, -0.2) is 0 Å². The van der Waals surface area contributed by atoms with Crippen molar-refractivity contribution in [2.24, 2.45) is 0 Å². The molecule has 0 spiro atoms. The van der Waals surface area contributed by atoms with E-state index in [9.17, 15) is 20.0 Å². The number of aryl methyl sites for hydroxylation is 1. The molecule has 5 heteroatoms. The van der Waals surface area contributed by atoms with Crippen LogP contribution in [0.3, 0.4) is 0 Å². The summed E-state index contributed by atoms with van der Waals surface area (Å²) >= 11 is 0. The third-order valence-corrected chi connectivity index (χ3v) is 2.09. The number of hydrogen-bond donors (Lipinski definition) is 1. The minimum Gasteiger partial charge on any atom is -0.382 e. The van der Waals surface area contributed by atoms with Crippen molar-refractivity contribution in [3.63, 3.8) is 0 Å². The third kappa shape index (κ3) is 2.64. The molecule has 0 aliphatic rings. The highest BCUT2D eigenvalue weighted by Crippen LogP contribution is 2.20. The van der Waals surface area contributed by atoms with Gasteiger partial charge in [0.25, 0.3) is 5.69 Å². The summed E-state index contributed by atoms with van der Waals surface area (Å²) in [6, 6.07) is 4.07. The van der Waals surface area contributed by atoms with Crippen LogP contribution in [0.4, 0.5) is 5.69 Å². The largest absolute Gasteiger partial charge is 0.382 e. The summed E-state index contributed by atoms with van der Waals surface area (Å²) in [4.78, 5) is 21.8. The smallest absolute Gasteiger partial charge is 0.270 e. The van der Waals surface area contributed by atoms with E-state index in [0.29, 0.717) is 5.56 Å². The Morgan fingerprint density at radius 1 is 1.38 bits per heavy atom. The Morgan fingerprint density at radius 2 is 1.94 bits per heavy atom. The molecule has 0 fully saturated rings. The number of carbonyl (C=O) groups excluding carboxylic acids is 1. The van der Waals surface area contributed by atoms with Crippen molar-refractivity contribution < 1.29 is 14.8 Å². The van der Waals surface area contributed by atoms with Gasteiger partial charge >= 0.3 is 0 Å². The second-order valence-corrected chi connectivity index (χ2v) is 4.20. The predicted molar refractivity (Wildman–Crippen MR) is 58.5 cm³/mol. The molecule has 86 valence electrons. The van der Waals surface area contributed by atoms with Gasteiger partial charge in [0.05, 0.1) is 4.92 Å². The minimum atomic E-state index is -1.53. The van der Waals surface area contributed by atoms with E-state index in [1.807, 2.05) is 0 Å². The summed E-state index contributed by atoms with van der Waals surface area (Å²) in [5.74, 6) is -0.528. The molecule has 0 amide bonds. The highest BCUT2D eigenvalue weighted by Gasteiger charge is 2.26. The molecule has 0 saturated carbocycles. The number of Topliss-reactive ketones (excluding diaryl/α,β-unsaturated/α-hetero) is 1. The van der Waals surface area contributed by atoms with E-state index < -0.39 is 16.3 Å². The summed E-state index contributed by atoms with van der Waals surface area (Å²) in [6.45, 7) is 4.36. The maximum atomic E-state index is 11.7. The van der Waals surface area contributed by atoms with Crippen molar-refractivity contribution in [3.05, 3.63) is 39.4 Å². The second-order valence-electron chi connectivity index (χ2n) is 4.20. The number of carbonyl (C=O) groups is 1. The lowest BCUT2D eigenvalue weighted by Gasteiger charge is -2.15. The fourth-order valence-corrected chi connectivity index (χ4v) is 1.35. The van der Waals surface area contributed by atoms with Gasteiger partial charge in [-0.05, 0) is 32.4 Å². The average Bonchev–Trinajstić information content (AvgIpc) is 2.14. The van der Waals surface area contributed by atoms with Gasteiger partial charge in [-0.2, -0.15) is 0 Å². The Hall–Kier alpha value is -1.75. The van der Waals surface area contributed by atoms with Gasteiger partial charge in [-0.15, -0.1) is 0 Å². The molecular weight excluding hydrogens is 210 g/mol. The van der Waals surface area contributed by atoms with Crippen LogP contribution < -0.4 is 0 Å². The minimum absolute atomic E-state index is 0.146. The van der Waals surface area contributed by atoms with E-state index in [4.69, 9.17) is 0 Å². The topological polar surface area (TPSA) is 80.4 Å². The Morgan fingerprint density at radius 3 is 2.38 bits per heavy atom. The van der Waals surface area contributed by atoms with Crippen LogP contribution in [0.25, 0.3) is 0 Å². The van der Waals surface area contributed by atoms with Crippen LogP contribution in [0, 0.1) is 17.0 Å². The van der Waals surface area contributed by atoms with Crippen LogP contribution in [-0.2, 0) is 0 Å². The SMILES string of the molecule is Cc1cc(C(=O)C(C)(C)O)cc([N+](=O)[O-])c1. The highest BCUT2D eigenvalue weighted by atomic mass is 16.6. The lowest BCUT2D eigenvalue weighted by Crippen LogP contribution is -2.31. The Labute approximate surface area is 92.9 Å². The van der Waals surface area contributed by atoms with Gasteiger partial charge in [0, 0.05) is 17.7 Å². The number of rotatable bonds is 3. The number of non-ortho nitro benzene ring substituents is 1. The Balaban J connectivity index is 3.26. The van der Waals surface area contributed by atoms with E-state index in [-0.39, 0.29) is 11.3 Å². The standard InChI is InChI=1S/C11H13NO4/c1-7-4-8(10(13)11(2,3)14)6-9(5-7)12(15)16/h4-6,14H,1-3H3. The Kier molecular flexibility index (Phi) is 3.09. The number of ketones is 1. The number of benzene rings is 1. The average molecular weight is 223 g/mol. The molecule has 1 rings (SSSR count). The van der Waals surface area contributed by atoms with Gasteiger partial charge in [0.15, 0.2) is 5.78 Å². The van der Waals surface area contributed by atoms with Crippen LogP contribution in [0.5, 0.6) is 0 Å². The molecule has 0 aliphatic carbocycles. The molecule has 0 unspecified atom stereocenters. The zero-order chi connectivity index (χ0) is 12.5. The van der Waals surface area contributed by atoms with Crippen LogP contribution in [0.2, 0.25) is 0 Å². The maximum absolute atomic E-state index is 11.7. The normalized spacial score (nSPS) is 11.2. The van der Waals surface area contributed by atoms with Crippen molar-refractivity contribution in [3.8, 4) is 0 Å². The quantitative estimate of drug-likeness (QED) is 0.481. The van der Waals surface area contributed by atoms with Crippen LogP contribution in [0.1, 0.15) is 29.8 Å². The predicted octanol–water partition coefficient (Wildman–Crippen LogP) is 1.86. The summed E-state index contributed by atoms with van der Waals surface area (Å²) < 4.78 is 0. The first-order valence-corrected chi connectivity index (χ1v) is 4.75. The molecule has 1 N–H and O–H groups in total. The van der Waals surface area contributed by atoms with Gasteiger partial charge in [0.2, 0.25) is 0 Å². The molecule has 0 aliphatic heterocycles. The number of nitro groups is 1. The second kappa shape index (κ2) is 4.02. The van der Waals surface area contributed by atoms with Gasteiger partial charge in [-0.3, -0.25) is 14.9 Å². The van der Waals surface area contributed by atoms with Crippen LogP contribution >= 0.6 is 0 Å². The van der Waals surface area contributed by atoms with Gasteiger partial charge < -0.3 is 5.11 Å². The van der Waals surface area contributed by atoms with Gasteiger partial charge in [-0.1, -0.05) is 0 Å². The first-order valence-electron chi connectivity index (χ1n) is 4.75. The number of hydrogen-bond acceptors (Lipinski definition) is 4. The summed E-state index contributed by atoms with van der Waals surface area (Å²) in [5.41, 5.74) is -0.907. The number of aliphatic hydroxyl groups is 1. The molecule has 1 aromatic carbocycles. The van der Waals surface area contributed by atoms with E-state index >= 15 is 0 Å². The van der Waals surface area contributed by atoms with E-state index in [1.165, 1.54) is 32.0 Å². The highest BCUT2D eigenvalue weighted by molar-refractivity contribution is 6.02. The lowest BCUT2D eigenvalue weighted by atomic mass is 9.95. The van der Waals surface area contributed by atoms with E-state index in [2.05, 4.69) is 0 Å². The number of nitro benzene ring substituents is 1. The van der Waals surface area contributed by atoms with Crippen LogP contribution in [0.15, 0.2) is 18.2 Å². The molecule has 16 heavy (non-hydrogen) atoms. The van der Waals surface area contributed by atoms with Crippen LogP contribution in [-0.4, -0.2) is 21.4 Å². The molecule has 1 aromatic rings. The summed E-state index contributed by atoms with van der Waals surface area (Å²) in [6.07, 6.45) is 0. The van der Waals surface area contributed by atoms with Crippen molar-refractivity contribution in [1.29, 1.82) is 0 Å². The van der Waals surface area contributed by atoms with E-state index in [1.54, 1.807) is 6.92 Å². The van der Waals surface area contributed by atoms with Crippen molar-refractivity contribution in [1.82, 2.24) is 0 Å². The molecule has 0 heterocycles. The monoisotopic (exact) mass is 223 g/mol. The first kappa shape index (κ1) is 12.3. The van der Waals surface area contributed by atoms with E-state index in [0.717, 1.165) is 0 Å².